The zero-order valence-corrected chi connectivity index (χ0v) is 16.7. The molecule has 27 heavy (non-hydrogen) atoms. The number of benzene rings is 1. The quantitative estimate of drug-likeness (QED) is 0.750. The molecule has 7 nitrogen and oxygen atoms in total. The highest BCUT2D eigenvalue weighted by molar-refractivity contribution is 7.89. The second-order valence-corrected chi connectivity index (χ2v) is 8.59. The Labute approximate surface area is 159 Å². The van der Waals surface area contributed by atoms with Gasteiger partial charge in [0.15, 0.2) is 0 Å². The van der Waals surface area contributed by atoms with Gasteiger partial charge in [-0.1, -0.05) is 0 Å². The summed E-state index contributed by atoms with van der Waals surface area (Å²) in [7, 11) is -1.88. The number of aryl methyl sites for hydroxylation is 2. The number of aromatic nitrogens is 1. The maximum atomic E-state index is 12.8. The number of pyridine rings is 1. The van der Waals surface area contributed by atoms with Gasteiger partial charge in [0, 0.05) is 18.8 Å². The molecule has 1 aliphatic rings. The fourth-order valence-corrected chi connectivity index (χ4v) is 4.51. The topological polar surface area (TPSA) is 77.8 Å². The van der Waals surface area contributed by atoms with Crippen molar-refractivity contribution in [3.8, 4) is 11.5 Å². The summed E-state index contributed by atoms with van der Waals surface area (Å²) in [5.41, 5.74) is 1.41. The van der Waals surface area contributed by atoms with Crippen LogP contribution in [0.15, 0.2) is 40.0 Å². The molecule has 1 fully saturated rings. The van der Waals surface area contributed by atoms with E-state index in [0.29, 0.717) is 18.1 Å². The summed E-state index contributed by atoms with van der Waals surface area (Å²) in [4.78, 5) is 12.1. The maximum Gasteiger partial charge on any atom is 0.254 e. The van der Waals surface area contributed by atoms with E-state index < -0.39 is 10.0 Å². The van der Waals surface area contributed by atoms with E-state index in [1.54, 1.807) is 31.3 Å². The van der Waals surface area contributed by atoms with E-state index in [9.17, 15) is 13.2 Å². The molecular formula is C19H24N2O5S. The molecule has 0 unspecified atom stereocenters. The van der Waals surface area contributed by atoms with Crippen molar-refractivity contribution < 1.29 is 17.9 Å². The van der Waals surface area contributed by atoms with Crippen LogP contribution >= 0.6 is 0 Å². The average molecular weight is 392 g/mol. The van der Waals surface area contributed by atoms with Crippen molar-refractivity contribution in [3.63, 3.8) is 0 Å². The van der Waals surface area contributed by atoms with Gasteiger partial charge in [-0.2, -0.15) is 4.31 Å². The van der Waals surface area contributed by atoms with E-state index >= 15 is 0 Å². The van der Waals surface area contributed by atoms with Crippen LogP contribution in [-0.4, -0.2) is 43.1 Å². The van der Waals surface area contributed by atoms with Crippen molar-refractivity contribution >= 4 is 10.0 Å². The lowest BCUT2D eigenvalue weighted by atomic mass is 10.2. The van der Waals surface area contributed by atoms with Gasteiger partial charge in [-0.15, -0.1) is 0 Å². The molecule has 2 heterocycles. The van der Waals surface area contributed by atoms with Gasteiger partial charge >= 0.3 is 0 Å². The van der Waals surface area contributed by atoms with Crippen LogP contribution in [0, 0.1) is 13.8 Å². The van der Waals surface area contributed by atoms with Crippen LogP contribution in [0.2, 0.25) is 0 Å². The normalized spacial score (nSPS) is 15.4. The Bertz CT molecular complexity index is 1010. The van der Waals surface area contributed by atoms with E-state index in [0.717, 1.165) is 11.3 Å². The molecule has 1 aliphatic heterocycles. The number of ether oxygens (including phenoxy) is 2. The Balaban J connectivity index is 1.68. The van der Waals surface area contributed by atoms with Crippen molar-refractivity contribution in [3.05, 3.63) is 51.9 Å². The number of rotatable bonds is 6. The van der Waals surface area contributed by atoms with Crippen LogP contribution in [0.1, 0.15) is 18.2 Å². The molecule has 3 rings (SSSR count). The maximum absolute atomic E-state index is 12.8. The third kappa shape index (κ3) is 3.86. The molecule has 0 spiro atoms. The van der Waals surface area contributed by atoms with Crippen molar-refractivity contribution in [2.75, 3.05) is 19.7 Å². The SMILES string of the molecule is CCOc1ccc(S(=O)(=O)N2CC(Oc3cc(C)n(C)c(=O)c3)C2)cc1C. The van der Waals surface area contributed by atoms with Crippen molar-refractivity contribution in [2.45, 2.75) is 31.8 Å². The first-order valence-corrected chi connectivity index (χ1v) is 10.2. The van der Waals surface area contributed by atoms with Crippen LogP contribution in [0.5, 0.6) is 11.5 Å². The van der Waals surface area contributed by atoms with Gasteiger partial charge in [-0.05, 0) is 50.6 Å². The average Bonchev–Trinajstić information content (AvgIpc) is 2.57. The summed E-state index contributed by atoms with van der Waals surface area (Å²) in [5.74, 6) is 1.15. The highest BCUT2D eigenvalue weighted by Crippen LogP contribution is 2.28. The number of sulfonamides is 1. The monoisotopic (exact) mass is 392 g/mol. The molecular weight excluding hydrogens is 368 g/mol. The van der Waals surface area contributed by atoms with Crippen LogP contribution in [0.3, 0.4) is 0 Å². The van der Waals surface area contributed by atoms with Gasteiger partial charge in [0.2, 0.25) is 10.0 Å². The molecule has 1 saturated heterocycles. The van der Waals surface area contributed by atoms with Gasteiger partial charge in [0.1, 0.15) is 17.6 Å². The number of hydrogen-bond acceptors (Lipinski definition) is 5. The van der Waals surface area contributed by atoms with Crippen LogP contribution in [0.4, 0.5) is 0 Å². The lowest BCUT2D eigenvalue weighted by molar-refractivity contribution is 0.0759. The van der Waals surface area contributed by atoms with Crippen LogP contribution in [-0.2, 0) is 17.1 Å². The summed E-state index contributed by atoms with van der Waals surface area (Å²) >= 11 is 0. The minimum Gasteiger partial charge on any atom is -0.494 e. The molecule has 1 aromatic carbocycles. The highest BCUT2D eigenvalue weighted by Gasteiger charge is 2.38. The molecule has 8 heteroatoms. The second kappa shape index (κ2) is 7.36. The molecule has 0 aliphatic carbocycles. The molecule has 146 valence electrons. The summed E-state index contributed by atoms with van der Waals surface area (Å²) in [6.45, 7) is 6.56. The molecule has 0 radical (unpaired) electrons. The molecule has 0 bridgehead atoms. The minimum atomic E-state index is -3.57. The van der Waals surface area contributed by atoms with E-state index in [1.807, 2.05) is 20.8 Å². The second-order valence-electron chi connectivity index (χ2n) is 6.65. The lowest BCUT2D eigenvalue weighted by Crippen LogP contribution is -2.56. The standard InChI is InChI=1S/C19H24N2O5S/c1-5-25-18-7-6-17(8-13(18)2)27(23,24)21-11-16(12-21)26-15-9-14(3)20(4)19(22)10-15/h6-10,16H,5,11-12H2,1-4H3. The Morgan fingerprint density at radius 1 is 1.15 bits per heavy atom. The third-order valence-electron chi connectivity index (χ3n) is 4.68. The Morgan fingerprint density at radius 3 is 2.44 bits per heavy atom. The zero-order valence-electron chi connectivity index (χ0n) is 15.9. The largest absolute Gasteiger partial charge is 0.494 e. The van der Waals surface area contributed by atoms with Gasteiger partial charge < -0.3 is 14.0 Å². The molecule has 1 aromatic heterocycles. The van der Waals surface area contributed by atoms with E-state index in [2.05, 4.69) is 0 Å². The minimum absolute atomic E-state index is 0.154. The summed E-state index contributed by atoms with van der Waals surface area (Å²) in [6, 6.07) is 8.06. The van der Waals surface area contributed by atoms with Gasteiger partial charge in [0.05, 0.1) is 24.6 Å². The van der Waals surface area contributed by atoms with Gasteiger partial charge in [0.25, 0.3) is 5.56 Å². The highest BCUT2D eigenvalue weighted by atomic mass is 32.2. The molecule has 0 amide bonds. The Morgan fingerprint density at radius 2 is 1.85 bits per heavy atom. The van der Waals surface area contributed by atoms with Crippen molar-refractivity contribution in [2.24, 2.45) is 7.05 Å². The number of nitrogens with zero attached hydrogens (tertiary/aromatic N) is 2. The smallest absolute Gasteiger partial charge is 0.254 e. The van der Waals surface area contributed by atoms with Gasteiger partial charge in [-0.3, -0.25) is 4.79 Å². The van der Waals surface area contributed by atoms with E-state index in [1.165, 1.54) is 14.9 Å². The Hall–Kier alpha value is -2.32. The fraction of sp³-hybridized carbons (Fsp3) is 0.421. The predicted octanol–water partition coefficient (Wildman–Crippen LogP) is 1.85. The van der Waals surface area contributed by atoms with Crippen LogP contribution < -0.4 is 15.0 Å². The summed E-state index contributed by atoms with van der Waals surface area (Å²) in [5, 5.41) is 0. The van der Waals surface area contributed by atoms with Gasteiger partial charge in [-0.25, -0.2) is 8.42 Å². The molecule has 0 N–H and O–H groups in total. The number of hydrogen-bond donors (Lipinski definition) is 0. The van der Waals surface area contributed by atoms with E-state index in [4.69, 9.17) is 9.47 Å². The van der Waals surface area contributed by atoms with Crippen molar-refractivity contribution in [1.82, 2.24) is 8.87 Å². The third-order valence-corrected chi connectivity index (χ3v) is 6.51. The lowest BCUT2D eigenvalue weighted by Gasteiger charge is -2.37. The zero-order chi connectivity index (χ0) is 19.8. The fourth-order valence-electron chi connectivity index (χ4n) is 2.92. The van der Waals surface area contributed by atoms with E-state index in [-0.39, 0.29) is 29.6 Å². The first kappa shape index (κ1) is 19.4. The summed E-state index contributed by atoms with van der Waals surface area (Å²) < 4.78 is 39.7. The first-order chi connectivity index (χ1) is 12.7. The Kier molecular flexibility index (Phi) is 5.30. The predicted molar refractivity (Wildman–Crippen MR) is 102 cm³/mol. The summed E-state index contributed by atoms with van der Waals surface area (Å²) in [6.07, 6.45) is -0.268. The van der Waals surface area contributed by atoms with Crippen LogP contribution in [0.25, 0.3) is 0 Å². The molecule has 0 saturated carbocycles. The molecule has 0 atom stereocenters. The van der Waals surface area contributed by atoms with Crippen molar-refractivity contribution in [1.29, 1.82) is 0 Å². The molecule has 2 aromatic rings. The first-order valence-electron chi connectivity index (χ1n) is 8.80.